The molecule has 0 bridgehead atoms. The molecule has 0 nitrogen and oxygen atoms in total. The molecule has 0 saturated heterocycles. The maximum absolute atomic E-state index is 4.28. The maximum Gasteiger partial charge on any atom is 0.0181 e. The minimum absolute atomic E-state index is 0.319. The smallest absolute Gasteiger partial charge is 0.0181 e. The molecule has 1 aliphatic carbocycles. The third kappa shape index (κ3) is 3.45. The molecule has 4 rings (SSSR count). The van der Waals surface area contributed by atoms with E-state index in [4.69, 9.17) is 0 Å². The second-order valence-electron chi connectivity index (χ2n) is 6.75. The maximum atomic E-state index is 4.28. The summed E-state index contributed by atoms with van der Waals surface area (Å²) < 4.78 is 0. The van der Waals surface area contributed by atoms with E-state index >= 15 is 0 Å². The van der Waals surface area contributed by atoms with Gasteiger partial charge in [0.1, 0.15) is 0 Å². The van der Waals surface area contributed by atoms with Crippen LogP contribution >= 0.6 is 0 Å². The number of rotatable bonds is 4. The Hall–Kier alpha value is -3.12. The van der Waals surface area contributed by atoms with E-state index < -0.39 is 0 Å². The molecule has 0 heterocycles. The van der Waals surface area contributed by atoms with E-state index in [-0.39, 0.29) is 0 Å². The van der Waals surface area contributed by atoms with Gasteiger partial charge in [-0.2, -0.15) is 0 Å². The van der Waals surface area contributed by atoms with Crippen molar-refractivity contribution in [3.63, 3.8) is 0 Å². The Labute approximate surface area is 155 Å². The van der Waals surface area contributed by atoms with E-state index in [1.54, 1.807) is 0 Å². The van der Waals surface area contributed by atoms with Crippen LogP contribution in [-0.4, -0.2) is 0 Å². The van der Waals surface area contributed by atoms with Crippen molar-refractivity contribution in [2.45, 2.75) is 5.92 Å². The van der Waals surface area contributed by atoms with Gasteiger partial charge < -0.3 is 0 Å². The van der Waals surface area contributed by atoms with E-state index in [1.807, 2.05) is 6.07 Å². The lowest BCUT2D eigenvalue weighted by Crippen LogP contribution is -2.05. The molecule has 0 aliphatic heterocycles. The summed E-state index contributed by atoms with van der Waals surface area (Å²) in [6.07, 6.45) is 8.92. The van der Waals surface area contributed by atoms with Gasteiger partial charge in [0.05, 0.1) is 0 Å². The van der Waals surface area contributed by atoms with Gasteiger partial charge in [-0.1, -0.05) is 116 Å². The summed E-state index contributed by atoms with van der Waals surface area (Å²) in [5, 5.41) is 0. The van der Waals surface area contributed by atoms with E-state index in [1.165, 1.54) is 27.8 Å². The van der Waals surface area contributed by atoms with Gasteiger partial charge in [0, 0.05) is 11.8 Å². The molecule has 0 radical (unpaired) electrons. The van der Waals surface area contributed by atoms with Gasteiger partial charge in [-0.25, -0.2) is 0 Å². The van der Waals surface area contributed by atoms with Crippen LogP contribution in [0.25, 0.3) is 17.2 Å². The lowest BCUT2D eigenvalue weighted by atomic mass is 9.85. The molecule has 26 heavy (non-hydrogen) atoms. The highest BCUT2D eigenvalue weighted by Crippen LogP contribution is 2.39. The van der Waals surface area contributed by atoms with Crippen molar-refractivity contribution in [2.75, 3.05) is 0 Å². The van der Waals surface area contributed by atoms with Gasteiger partial charge in [0.15, 0.2) is 0 Å². The average molecular weight is 334 g/mol. The van der Waals surface area contributed by atoms with Crippen LogP contribution in [0.3, 0.4) is 0 Å². The van der Waals surface area contributed by atoms with Gasteiger partial charge in [0.2, 0.25) is 0 Å². The average Bonchev–Trinajstić information content (AvgIpc) is 3.08. The SMILES string of the molecule is C=C1C=C[C@@H](/C=C/c2ccccc2)[C@@H]1c1ccc(-c2ccccc2)cc1. The monoisotopic (exact) mass is 334 g/mol. The van der Waals surface area contributed by atoms with Crippen LogP contribution < -0.4 is 0 Å². The molecule has 0 unspecified atom stereocenters. The summed E-state index contributed by atoms with van der Waals surface area (Å²) in [6, 6.07) is 29.9. The standard InChI is InChI=1S/C26H22/c1-20-12-14-24(15-13-21-8-4-2-5-9-21)26(20)25-18-16-23(17-19-25)22-10-6-3-7-11-22/h2-19,24,26H,1H2/b15-13+/t24-,26+/m0/s1. The molecule has 0 N–H and O–H groups in total. The molecule has 126 valence electrons. The molecular weight excluding hydrogens is 312 g/mol. The first-order valence-electron chi connectivity index (χ1n) is 9.07. The second-order valence-corrected chi connectivity index (χ2v) is 6.75. The van der Waals surface area contributed by atoms with Crippen LogP contribution in [-0.2, 0) is 0 Å². The molecule has 0 amide bonds. The van der Waals surface area contributed by atoms with Crippen molar-refractivity contribution in [3.05, 3.63) is 126 Å². The Morgan fingerprint density at radius 2 is 1.31 bits per heavy atom. The normalized spacial score (nSPS) is 19.3. The fraction of sp³-hybridized carbons (Fsp3) is 0.0769. The van der Waals surface area contributed by atoms with Crippen LogP contribution in [0.1, 0.15) is 17.0 Å². The number of hydrogen-bond donors (Lipinski definition) is 0. The molecule has 0 saturated carbocycles. The number of hydrogen-bond acceptors (Lipinski definition) is 0. The highest BCUT2D eigenvalue weighted by Gasteiger charge is 2.25. The van der Waals surface area contributed by atoms with Crippen LogP contribution in [0.15, 0.2) is 115 Å². The quantitative estimate of drug-likeness (QED) is 0.487. The Morgan fingerprint density at radius 3 is 2.00 bits per heavy atom. The van der Waals surface area contributed by atoms with Crippen LogP contribution in [0.4, 0.5) is 0 Å². The summed E-state index contributed by atoms with van der Waals surface area (Å²) in [5.74, 6) is 0.671. The molecule has 2 atom stereocenters. The Morgan fingerprint density at radius 1 is 0.692 bits per heavy atom. The summed E-state index contributed by atoms with van der Waals surface area (Å²) in [5.41, 5.74) is 6.24. The summed E-state index contributed by atoms with van der Waals surface area (Å²) >= 11 is 0. The molecule has 0 spiro atoms. The first kappa shape index (κ1) is 16.4. The van der Waals surface area contributed by atoms with E-state index in [0.717, 1.165) is 0 Å². The highest BCUT2D eigenvalue weighted by molar-refractivity contribution is 5.64. The summed E-state index contributed by atoms with van der Waals surface area (Å²) in [4.78, 5) is 0. The van der Waals surface area contributed by atoms with Gasteiger partial charge in [-0.15, -0.1) is 0 Å². The highest BCUT2D eigenvalue weighted by atomic mass is 14.3. The zero-order valence-corrected chi connectivity index (χ0v) is 14.8. The minimum Gasteiger partial charge on any atom is -0.0952 e. The van der Waals surface area contributed by atoms with E-state index in [9.17, 15) is 0 Å². The predicted octanol–water partition coefficient (Wildman–Crippen LogP) is 6.89. The predicted molar refractivity (Wildman–Crippen MR) is 112 cm³/mol. The first-order chi connectivity index (χ1) is 12.8. The van der Waals surface area contributed by atoms with Crippen LogP contribution in [0, 0.1) is 5.92 Å². The van der Waals surface area contributed by atoms with Crippen LogP contribution in [0.5, 0.6) is 0 Å². The molecular formula is C26H22. The topological polar surface area (TPSA) is 0 Å². The van der Waals surface area contributed by atoms with Crippen molar-refractivity contribution < 1.29 is 0 Å². The Kier molecular flexibility index (Phi) is 4.66. The molecule has 0 heteroatoms. The van der Waals surface area contributed by atoms with Gasteiger partial charge in [0.25, 0.3) is 0 Å². The van der Waals surface area contributed by atoms with Crippen molar-refractivity contribution in [1.82, 2.24) is 0 Å². The fourth-order valence-corrected chi connectivity index (χ4v) is 3.61. The van der Waals surface area contributed by atoms with Crippen LogP contribution in [0.2, 0.25) is 0 Å². The molecule has 3 aromatic rings. The van der Waals surface area contributed by atoms with Gasteiger partial charge in [-0.3, -0.25) is 0 Å². The Bertz CT molecular complexity index is 928. The second kappa shape index (κ2) is 7.41. The van der Waals surface area contributed by atoms with Crippen molar-refractivity contribution >= 4 is 6.08 Å². The molecule has 0 fully saturated rings. The Balaban J connectivity index is 1.57. The third-order valence-electron chi connectivity index (χ3n) is 5.00. The summed E-state index contributed by atoms with van der Waals surface area (Å²) in [6.45, 7) is 4.28. The molecule has 3 aromatic carbocycles. The fourth-order valence-electron chi connectivity index (χ4n) is 3.61. The number of benzene rings is 3. The molecule has 0 aromatic heterocycles. The van der Waals surface area contributed by atoms with Crippen molar-refractivity contribution in [3.8, 4) is 11.1 Å². The molecule has 1 aliphatic rings. The van der Waals surface area contributed by atoms with Crippen molar-refractivity contribution in [1.29, 1.82) is 0 Å². The van der Waals surface area contributed by atoms with Gasteiger partial charge in [-0.05, 0) is 27.8 Å². The number of allylic oxidation sites excluding steroid dienone is 4. The van der Waals surface area contributed by atoms with E-state index in [0.29, 0.717) is 11.8 Å². The zero-order valence-electron chi connectivity index (χ0n) is 14.8. The van der Waals surface area contributed by atoms with E-state index in [2.05, 4.69) is 110 Å². The first-order valence-corrected chi connectivity index (χ1v) is 9.07. The minimum atomic E-state index is 0.319. The third-order valence-corrected chi connectivity index (χ3v) is 5.00. The zero-order chi connectivity index (χ0) is 17.8. The lowest BCUT2D eigenvalue weighted by molar-refractivity contribution is 0.719. The largest absolute Gasteiger partial charge is 0.0952 e. The van der Waals surface area contributed by atoms with Gasteiger partial charge >= 0.3 is 0 Å². The lowest BCUT2D eigenvalue weighted by Gasteiger charge is -2.19. The van der Waals surface area contributed by atoms with Crippen molar-refractivity contribution in [2.24, 2.45) is 5.92 Å². The summed E-state index contributed by atoms with van der Waals surface area (Å²) in [7, 11) is 0.